The summed E-state index contributed by atoms with van der Waals surface area (Å²) < 4.78 is 5.10. The van der Waals surface area contributed by atoms with Crippen LogP contribution in [0.25, 0.3) is 0 Å². The van der Waals surface area contributed by atoms with Crippen molar-refractivity contribution in [2.75, 3.05) is 6.61 Å². The molecule has 0 radical (unpaired) electrons. The lowest BCUT2D eigenvalue weighted by molar-refractivity contribution is -0.108. The quantitative estimate of drug-likeness (QED) is 0.659. The largest absolute Gasteiger partial charge is 0.368 e. The molecule has 2 nitrogen and oxygen atoms in total. The van der Waals surface area contributed by atoms with Crippen molar-refractivity contribution in [3.8, 4) is 0 Å². The number of hydrogen-bond donors (Lipinski definition) is 1. The predicted octanol–water partition coefficient (Wildman–Crippen LogP) is 2.31. The first-order valence-corrected chi connectivity index (χ1v) is 5.12. The predicted molar refractivity (Wildman–Crippen MR) is 48.8 cm³/mol. The molecule has 72 valence electrons. The number of rotatable bonds is 4. The van der Waals surface area contributed by atoms with Gasteiger partial charge in [-0.25, -0.2) is 0 Å². The highest BCUT2D eigenvalue weighted by Gasteiger charge is 2.17. The van der Waals surface area contributed by atoms with E-state index in [1.54, 1.807) is 0 Å². The highest BCUT2D eigenvalue weighted by Crippen LogP contribution is 2.27. The summed E-state index contributed by atoms with van der Waals surface area (Å²) in [6.07, 6.45) is 6.94. The lowest BCUT2D eigenvalue weighted by Crippen LogP contribution is -2.18. The Labute approximate surface area is 74.9 Å². The lowest BCUT2D eigenvalue weighted by atomic mass is 9.87. The fraction of sp³-hybridized carbons (Fsp3) is 1.00. The van der Waals surface area contributed by atoms with E-state index in [1.165, 1.54) is 32.1 Å². The summed E-state index contributed by atoms with van der Waals surface area (Å²) in [5.41, 5.74) is 0. The molecule has 0 spiro atoms. The van der Waals surface area contributed by atoms with Gasteiger partial charge in [-0.1, -0.05) is 32.1 Å². The van der Waals surface area contributed by atoms with Gasteiger partial charge in [-0.05, 0) is 12.8 Å². The van der Waals surface area contributed by atoms with Crippen LogP contribution in [0.15, 0.2) is 0 Å². The highest BCUT2D eigenvalue weighted by atomic mass is 16.6. The van der Waals surface area contributed by atoms with Crippen molar-refractivity contribution in [1.29, 1.82) is 0 Å². The molecule has 1 aliphatic rings. The first-order chi connectivity index (χ1) is 5.83. The SMILES string of the molecule is CCOC(O)CC1CCCCC1. The third-order valence-corrected chi connectivity index (χ3v) is 2.62. The topological polar surface area (TPSA) is 29.5 Å². The van der Waals surface area contributed by atoms with Crippen LogP contribution in [0.2, 0.25) is 0 Å². The number of aliphatic hydroxyl groups excluding tert-OH is 1. The lowest BCUT2D eigenvalue weighted by Gasteiger charge is -2.23. The number of ether oxygens (including phenoxy) is 1. The summed E-state index contributed by atoms with van der Waals surface area (Å²) in [5.74, 6) is 0.709. The first-order valence-electron chi connectivity index (χ1n) is 5.12. The van der Waals surface area contributed by atoms with Crippen molar-refractivity contribution in [3.05, 3.63) is 0 Å². The Morgan fingerprint density at radius 2 is 2.00 bits per heavy atom. The zero-order valence-corrected chi connectivity index (χ0v) is 7.96. The van der Waals surface area contributed by atoms with Crippen LogP contribution in [0.4, 0.5) is 0 Å². The Kier molecular flexibility index (Phi) is 4.62. The minimum absolute atomic E-state index is 0.516. The van der Waals surface area contributed by atoms with E-state index in [0.29, 0.717) is 12.5 Å². The maximum absolute atomic E-state index is 9.38. The normalized spacial score (nSPS) is 22.5. The van der Waals surface area contributed by atoms with E-state index in [-0.39, 0.29) is 0 Å². The van der Waals surface area contributed by atoms with Crippen molar-refractivity contribution in [2.24, 2.45) is 5.92 Å². The highest BCUT2D eigenvalue weighted by molar-refractivity contribution is 4.66. The van der Waals surface area contributed by atoms with Crippen LogP contribution >= 0.6 is 0 Å². The summed E-state index contributed by atoms with van der Waals surface area (Å²) in [6, 6.07) is 0. The van der Waals surface area contributed by atoms with Gasteiger partial charge in [0.1, 0.15) is 0 Å². The molecule has 1 saturated carbocycles. The standard InChI is InChI=1S/C10H20O2/c1-2-12-10(11)8-9-6-4-3-5-7-9/h9-11H,2-8H2,1H3. The van der Waals surface area contributed by atoms with Crippen LogP contribution in [-0.2, 0) is 4.74 Å². The molecule has 0 saturated heterocycles. The smallest absolute Gasteiger partial charge is 0.154 e. The average Bonchev–Trinajstić information content (AvgIpc) is 2.06. The van der Waals surface area contributed by atoms with Crippen molar-refractivity contribution >= 4 is 0 Å². The summed E-state index contributed by atoms with van der Waals surface area (Å²) in [5, 5.41) is 9.38. The van der Waals surface area contributed by atoms with E-state index in [2.05, 4.69) is 0 Å². The number of aliphatic hydroxyl groups is 1. The van der Waals surface area contributed by atoms with Gasteiger partial charge in [-0.15, -0.1) is 0 Å². The van der Waals surface area contributed by atoms with E-state index in [0.717, 1.165) is 6.42 Å². The van der Waals surface area contributed by atoms with Crippen molar-refractivity contribution in [3.63, 3.8) is 0 Å². The van der Waals surface area contributed by atoms with Gasteiger partial charge < -0.3 is 9.84 Å². The Morgan fingerprint density at radius 1 is 1.33 bits per heavy atom. The molecule has 0 aromatic rings. The van der Waals surface area contributed by atoms with E-state index in [9.17, 15) is 5.11 Å². The molecule has 1 atom stereocenters. The zero-order valence-electron chi connectivity index (χ0n) is 7.96. The Balaban J connectivity index is 2.11. The van der Waals surface area contributed by atoms with Gasteiger partial charge in [-0.3, -0.25) is 0 Å². The van der Waals surface area contributed by atoms with Crippen molar-refractivity contribution in [2.45, 2.75) is 51.7 Å². The third kappa shape index (κ3) is 3.55. The van der Waals surface area contributed by atoms with E-state index in [4.69, 9.17) is 4.74 Å². The van der Waals surface area contributed by atoms with Gasteiger partial charge >= 0.3 is 0 Å². The molecule has 1 fully saturated rings. The minimum Gasteiger partial charge on any atom is -0.368 e. The van der Waals surface area contributed by atoms with Gasteiger partial charge in [-0.2, -0.15) is 0 Å². The van der Waals surface area contributed by atoms with Gasteiger partial charge in [0, 0.05) is 13.0 Å². The second-order valence-electron chi connectivity index (χ2n) is 3.65. The molecule has 0 bridgehead atoms. The van der Waals surface area contributed by atoms with Gasteiger partial charge in [0.25, 0.3) is 0 Å². The molecule has 1 rings (SSSR count). The molecule has 0 heterocycles. The van der Waals surface area contributed by atoms with Crippen LogP contribution in [0.3, 0.4) is 0 Å². The van der Waals surface area contributed by atoms with Gasteiger partial charge in [0.2, 0.25) is 0 Å². The van der Waals surface area contributed by atoms with Crippen LogP contribution in [0.5, 0.6) is 0 Å². The van der Waals surface area contributed by atoms with Crippen molar-refractivity contribution < 1.29 is 9.84 Å². The van der Waals surface area contributed by atoms with Gasteiger partial charge in [0.05, 0.1) is 0 Å². The molecule has 1 unspecified atom stereocenters. The second kappa shape index (κ2) is 5.55. The average molecular weight is 172 g/mol. The van der Waals surface area contributed by atoms with Crippen LogP contribution < -0.4 is 0 Å². The third-order valence-electron chi connectivity index (χ3n) is 2.62. The monoisotopic (exact) mass is 172 g/mol. The van der Waals surface area contributed by atoms with E-state index in [1.807, 2.05) is 6.92 Å². The molecule has 0 amide bonds. The molecule has 1 N–H and O–H groups in total. The molecule has 0 aromatic carbocycles. The molecule has 2 heteroatoms. The first kappa shape index (κ1) is 10.0. The fourth-order valence-electron chi connectivity index (χ4n) is 1.97. The van der Waals surface area contributed by atoms with Crippen LogP contribution in [0.1, 0.15) is 45.4 Å². The molecule has 0 aliphatic heterocycles. The maximum atomic E-state index is 9.38. The number of hydrogen-bond acceptors (Lipinski definition) is 2. The molecule has 0 aromatic heterocycles. The van der Waals surface area contributed by atoms with Gasteiger partial charge in [0.15, 0.2) is 6.29 Å². The summed E-state index contributed by atoms with van der Waals surface area (Å²) in [7, 11) is 0. The van der Waals surface area contributed by atoms with E-state index >= 15 is 0 Å². The summed E-state index contributed by atoms with van der Waals surface area (Å²) >= 11 is 0. The fourth-order valence-corrected chi connectivity index (χ4v) is 1.97. The Hall–Kier alpha value is -0.0800. The van der Waals surface area contributed by atoms with Crippen LogP contribution in [-0.4, -0.2) is 18.0 Å². The molecule has 12 heavy (non-hydrogen) atoms. The molecular formula is C10H20O2. The minimum atomic E-state index is -0.516. The van der Waals surface area contributed by atoms with Crippen LogP contribution in [0, 0.1) is 5.92 Å². The zero-order chi connectivity index (χ0) is 8.81. The van der Waals surface area contributed by atoms with Crippen molar-refractivity contribution in [1.82, 2.24) is 0 Å². The molecular weight excluding hydrogens is 152 g/mol. The summed E-state index contributed by atoms with van der Waals surface area (Å²) in [6.45, 7) is 2.54. The Bertz CT molecular complexity index is 108. The second-order valence-corrected chi connectivity index (χ2v) is 3.65. The maximum Gasteiger partial charge on any atom is 0.154 e. The van der Waals surface area contributed by atoms with E-state index < -0.39 is 6.29 Å². The molecule has 1 aliphatic carbocycles. The summed E-state index contributed by atoms with van der Waals surface area (Å²) in [4.78, 5) is 0. The Morgan fingerprint density at radius 3 is 2.58 bits per heavy atom.